The van der Waals surface area contributed by atoms with Gasteiger partial charge in [-0.25, -0.2) is 19.3 Å². The number of nitrogens with zero attached hydrogens (tertiary/aromatic N) is 4. The van der Waals surface area contributed by atoms with Gasteiger partial charge in [0.1, 0.15) is 17.2 Å². The molecule has 0 fully saturated rings. The van der Waals surface area contributed by atoms with Gasteiger partial charge in [0.15, 0.2) is 0 Å². The lowest BCUT2D eigenvalue weighted by Gasteiger charge is -2.09. The Morgan fingerprint density at radius 1 is 0.958 bits per heavy atom. The van der Waals surface area contributed by atoms with E-state index in [1.807, 2.05) is 29.7 Å². The SMILES string of the molecule is Cc1c(-c2cnc(Oc3ccc(F)cc3)nc2)ccc2nccn12. The Morgan fingerprint density at radius 3 is 2.46 bits per heavy atom. The lowest BCUT2D eigenvalue weighted by molar-refractivity contribution is 0.440. The minimum Gasteiger partial charge on any atom is -0.424 e. The quantitative estimate of drug-likeness (QED) is 0.572. The monoisotopic (exact) mass is 320 g/mol. The second-order valence-electron chi connectivity index (χ2n) is 5.30. The number of ether oxygens (including phenoxy) is 1. The van der Waals surface area contributed by atoms with Crippen molar-refractivity contribution < 1.29 is 9.13 Å². The summed E-state index contributed by atoms with van der Waals surface area (Å²) in [6.07, 6.45) is 7.09. The van der Waals surface area contributed by atoms with E-state index in [2.05, 4.69) is 15.0 Å². The van der Waals surface area contributed by atoms with Crippen molar-refractivity contribution in [3.05, 3.63) is 72.7 Å². The maximum atomic E-state index is 12.9. The molecule has 24 heavy (non-hydrogen) atoms. The predicted octanol–water partition coefficient (Wildman–Crippen LogP) is 4.03. The van der Waals surface area contributed by atoms with Crippen molar-refractivity contribution >= 4 is 5.65 Å². The number of imidazole rings is 1. The highest BCUT2D eigenvalue weighted by Crippen LogP contribution is 2.25. The summed E-state index contributed by atoms with van der Waals surface area (Å²) in [5.74, 6) is 0.171. The summed E-state index contributed by atoms with van der Waals surface area (Å²) in [7, 11) is 0. The van der Waals surface area contributed by atoms with Crippen LogP contribution in [0.15, 0.2) is 61.2 Å². The Balaban J connectivity index is 1.62. The van der Waals surface area contributed by atoms with Crippen LogP contribution in [0.3, 0.4) is 0 Å². The van der Waals surface area contributed by atoms with E-state index in [1.165, 1.54) is 24.3 Å². The zero-order valence-electron chi connectivity index (χ0n) is 12.8. The summed E-state index contributed by atoms with van der Waals surface area (Å²) in [4.78, 5) is 12.7. The summed E-state index contributed by atoms with van der Waals surface area (Å²) in [5.41, 5.74) is 3.86. The number of benzene rings is 1. The summed E-state index contributed by atoms with van der Waals surface area (Å²) in [6, 6.07) is 9.88. The van der Waals surface area contributed by atoms with Crippen molar-refractivity contribution in [2.75, 3.05) is 0 Å². The van der Waals surface area contributed by atoms with Crippen molar-refractivity contribution in [3.63, 3.8) is 0 Å². The second-order valence-corrected chi connectivity index (χ2v) is 5.30. The first kappa shape index (κ1) is 14.3. The minimum atomic E-state index is -0.316. The second kappa shape index (κ2) is 5.73. The largest absolute Gasteiger partial charge is 0.424 e. The highest BCUT2D eigenvalue weighted by molar-refractivity contribution is 5.66. The topological polar surface area (TPSA) is 52.3 Å². The third-order valence-corrected chi connectivity index (χ3v) is 3.78. The van der Waals surface area contributed by atoms with Gasteiger partial charge in [0, 0.05) is 41.6 Å². The Bertz CT molecular complexity index is 994. The molecule has 3 heterocycles. The van der Waals surface area contributed by atoms with Gasteiger partial charge in [-0.1, -0.05) is 0 Å². The van der Waals surface area contributed by atoms with E-state index < -0.39 is 0 Å². The van der Waals surface area contributed by atoms with Gasteiger partial charge in [0.05, 0.1) is 0 Å². The van der Waals surface area contributed by atoms with E-state index >= 15 is 0 Å². The van der Waals surface area contributed by atoms with Crippen molar-refractivity contribution in [3.8, 4) is 22.9 Å². The lowest BCUT2D eigenvalue weighted by atomic mass is 10.1. The van der Waals surface area contributed by atoms with E-state index in [0.29, 0.717) is 5.75 Å². The third kappa shape index (κ3) is 2.58. The van der Waals surface area contributed by atoms with Gasteiger partial charge < -0.3 is 9.14 Å². The van der Waals surface area contributed by atoms with Crippen molar-refractivity contribution in [1.29, 1.82) is 0 Å². The molecule has 1 aromatic carbocycles. The van der Waals surface area contributed by atoms with Crippen LogP contribution in [-0.4, -0.2) is 19.4 Å². The lowest BCUT2D eigenvalue weighted by Crippen LogP contribution is -1.96. The summed E-state index contributed by atoms with van der Waals surface area (Å²) in [6.45, 7) is 2.02. The highest BCUT2D eigenvalue weighted by atomic mass is 19.1. The summed E-state index contributed by atoms with van der Waals surface area (Å²) < 4.78 is 20.4. The summed E-state index contributed by atoms with van der Waals surface area (Å²) >= 11 is 0. The first-order valence-corrected chi connectivity index (χ1v) is 7.39. The molecule has 0 bridgehead atoms. The minimum absolute atomic E-state index is 0.215. The number of rotatable bonds is 3. The molecule has 0 aliphatic heterocycles. The van der Waals surface area contributed by atoms with Gasteiger partial charge in [-0.15, -0.1) is 0 Å². The highest BCUT2D eigenvalue weighted by Gasteiger charge is 2.08. The predicted molar refractivity (Wildman–Crippen MR) is 87.4 cm³/mol. The van der Waals surface area contributed by atoms with E-state index in [9.17, 15) is 4.39 Å². The molecule has 0 N–H and O–H groups in total. The molecule has 118 valence electrons. The number of hydrogen-bond donors (Lipinski definition) is 0. The van der Waals surface area contributed by atoms with E-state index in [1.54, 1.807) is 18.6 Å². The molecule has 0 atom stereocenters. The van der Waals surface area contributed by atoms with Gasteiger partial charge >= 0.3 is 6.01 Å². The molecule has 6 heteroatoms. The average Bonchev–Trinajstić information content (AvgIpc) is 3.08. The smallest absolute Gasteiger partial charge is 0.321 e. The van der Waals surface area contributed by atoms with Crippen LogP contribution in [0.4, 0.5) is 4.39 Å². The molecule has 0 radical (unpaired) electrons. The van der Waals surface area contributed by atoms with Crippen molar-refractivity contribution in [2.24, 2.45) is 0 Å². The Labute approximate surface area is 137 Å². The fraction of sp³-hybridized carbons (Fsp3) is 0.0556. The number of hydrogen-bond acceptors (Lipinski definition) is 4. The standard InChI is InChI=1S/C18H13FN4O/c1-12-16(6-7-17-20-8-9-23(12)17)13-10-21-18(22-11-13)24-15-4-2-14(19)3-5-15/h2-11H,1H3. The molecule has 0 saturated heterocycles. The van der Waals surface area contributed by atoms with Gasteiger partial charge in [0.2, 0.25) is 0 Å². The van der Waals surface area contributed by atoms with Crippen LogP contribution < -0.4 is 4.74 Å². The molecule has 5 nitrogen and oxygen atoms in total. The molecule has 0 aliphatic rings. The molecule has 4 aromatic rings. The summed E-state index contributed by atoms with van der Waals surface area (Å²) in [5, 5.41) is 0. The molecular weight excluding hydrogens is 307 g/mol. The van der Waals surface area contributed by atoms with Crippen LogP contribution in [0.2, 0.25) is 0 Å². The zero-order valence-corrected chi connectivity index (χ0v) is 12.8. The molecule has 0 aliphatic carbocycles. The fourth-order valence-electron chi connectivity index (χ4n) is 2.55. The van der Waals surface area contributed by atoms with Crippen LogP contribution in [0, 0.1) is 12.7 Å². The van der Waals surface area contributed by atoms with Crippen molar-refractivity contribution in [1.82, 2.24) is 19.4 Å². The maximum Gasteiger partial charge on any atom is 0.321 e. The number of pyridine rings is 1. The first-order chi connectivity index (χ1) is 11.7. The number of aryl methyl sites for hydroxylation is 1. The molecular formula is C18H13FN4O. The average molecular weight is 320 g/mol. The number of aromatic nitrogens is 4. The van der Waals surface area contributed by atoms with E-state index in [-0.39, 0.29) is 11.8 Å². The van der Waals surface area contributed by atoms with Gasteiger partial charge in [-0.2, -0.15) is 0 Å². The van der Waals surface area contributed by atoms with Crippen LogP contribution in [-0.2, 0) is 0 Å². The fourth-order valence-corrected chi connectivity index (χ4v) is 2.55. The molecule has 3 aromatic heterocycles. The number of halogens is 1. The molecule has 0 saturated carbocycles. The third-order valence-electron chi connectivity index (χ3n) is 3.78. The van der Waals surface area contributed by atoms with Crippen molar-refractivity contribution in [2.45, 2.75) is 6.92 Å². The van der Waals surface area contributed by atoms with Crippen LogP contribution in [0.1, 0.15) is 5.69 Å². The normalized spacial score (nSPS) is 10.9. The molecule has 0 amide bonds. The molecule has 0 spiro atoms. The molecule has 0 unspecified atom stereocenters. The zero-order chi connectivity index (χ0) is 16.5. The maximum absolute atomic E-state index is 12.9. The Kier molecular flexibility index (Phi) is 3.42. The molecule has 4 rings (SSSR count). The Hall–Kier alpha value is -3.28. The van der Waals surface area contributed by atoms with E-state index in [0.717, 1.165) is 22.5 Å². The van der Waals surface area contributed by atoms with Gasteiger partial charge in [-0.3, -0.25) is 0 Å². The van der Waals surface area contributed by atoms with Crippen LogP contribution >= 0.6 is 0 Å². The van der Waals surface area contributed by atoms with Crippen LogP contribution in [0.25, 0.3) is 16.8 Å². The number of fused-ring (bicyclic) bond motifs is 1. The Morgan fingerprint density at radius 2 is 1.71 bits per heavy atom. The van der Waals surface area contributed by atoms with Gasteiger partial charge in [0.25, 0.3) is 0 Å². The van der Waals surface area contributed by atoms with Gasteiger partial charge in [-0.05, 0) is 43.3 Å². The first-order valence-electron chi connectivity index (χ1n) is 7.39. The van der Waals surface area contributed by atoms with E-state index in [4.69, 9.17) is 4.74 Å². The van der Waals surface area contributed by atoms with Crippen LogP contribution in [0.5, 0.6) is 11.8 Å².